The van der Waals surface area contributed by atoms with E-state index in [4.69, 9.17) is 4.74 Å². The monoisotopic (exact) mass is 390 g/mol. The Bertz CT molecular complexity index is 1230. The summed E-state index contributed by atoms with van der Waals surface area (Å²) in [6.07, 6.45) is 4.40. The number of nitrogens with zero attached hydrogens (tertiary/aromatic N) is 3. The van der Waals surface area contributed by atoms with E-state index in [1.54, 1.807) is 23.9 Å². The summed E-state index contributed by atoms with van der Waals surface area (Å²) in [4.78, 5) is 29.5. The Morgan fingerprint density at radius 1 is 1.10 bits per heavy atom. The molecular formula is C22H22N4O3. The number of hydrogen-bond acceptors (Lipinski definition) is 4. The minimum Gasteiger partial charge on any atom is -0.496 e. The molecule has 29 heavy (non-hydrogen) atoms. The van der Waals surface area contributed by atoms with Gasteiger partial charge in [0.1, 0.15) is 11.3 Å². The number of ether oxygens (including phenoxy) is 1. The van der Waals surface area contributed by atoms with Crippen molar-refractivity contribution in [2.24, 2.45) is 0 Å². The van der Waals surface area contributed by atoms with E-state index < -0.39 is 0 Å². The van der Waals surface area contributed by atoms with E-state index in [1.165, 1.54) is 0 Å². The highest BCUT2D eigenvalue weighted by Gasteiger charge is 2.12. The molecule has 3 heterocycles. The van der Waals surface area contributed by atoms with Gasteiger partial charge in [-0.2, -0.15) is 0 Å². The van der Waals surface area contributed by atoms with Crippen LogP contribution >= 0.6 is 0 Å². The Morgan fingerprint density at radius 3 is 2.79 bits per heavy atom. The first-order valence-corrected chi connectivity index (χ1v) is 9.52. The lowest BCUT2D eigenvalue weighted by atomic mass is 10.2. The predicted molar refractivity (Wildman–Crippen MR) is 111 cm³/mol. The number of para-hydroxylation sites is 1. The van der Waals surface area contributed by atoms with Gasteiger partial charge < -0.3 is 14.5 Å². The molecule has 0 radical (unpaired) electrons. The molecule has 0 spiro atoms. The summed E-state index contributed by atoms with van der Waals surface area (Å²) in [5.41, 5.74) is 2.92. The zero-order valence-electron chi connectivity index (χ0n) is 16.2. The van der Waals surface area contributed by atoms with Crippen LogP contribution in [0.5, 0.6) is 5.75 Å². The molecule has 1 amide bonds. The molecule has 7 nitrogen and oxygen atoms in total. The van der Waals surface area contributed by atoms with Crippen LogP contribution in [0.2, 0.25) is 0 Å². The van der Waals surface area contributed by atoms with Gasteiger partial charge in [-0.05, 0) is 36.8 Å². The normalized spacial score (nSPS) is 11.1. The average Bonchev–Trinajstić information content (AvgIpc) is 3.25. The SMILES string of the molecule is COc1ccccc1CNC(=O)CCCn1c(=O)c2cccn2c2cccnc21. The lowest BCUT2D eigenvalue weighted by Gasteiger charge is -2.12. The van der Waals surface area contributed by atoms with Crippen LogP contribution in [0, 0.1) is 0 Å². The highest BCUT2D eigenvalue weighted by atomic mass is 16.5. The van der Waals surface area contributed by atoms with Gasteiger partial charge in [0, 0.05) is 37.5 Å². The second-order valence-electron chi connectivity index (χ2n) is 6.76. The molecule has 3 aromatic heterocycles. The first kappa shape index (κ1) is 18.7. The van der Waals surface area contributed by atoms with E-state index in [1.807, 2.05) is 53.1 Å². The van der Waals surface area contributed by atoms with Crippen LogP contribution in [0.3, 0.4) is 0 Å². The van der Waals surface area contributed by atoms with Crippen molar-refractivity contribution in [1.29, 1.82) is 0 Å². The Morgan fingerprint density at radius 2 is 1.93 bits per heavy atom. The summed E-state index contributed by atoms with van der Waals surface area (Å²) >= 11 is 0. The number of hydrogen-bond donors (Lipinski definition) is 1. The zero-order chi connectivity index (χ0) is 20.2. The molecule has 0 unspecified atom stereocenters. The van der Waals surface area contributed by atoms with E-state index in [0.29, 0.717) is 37.1 Å². The number of aromatic nitrogens is 3. The largest absolute Gasteiger partial charge is 0.496 e. The standard InChI is InChI=1S/C22H22N4O3/c1-29-19-10-3-2-7-16(19)15-24-20(27)11-6-14-26-21-17(8-4-12-23-21)25-13-5-9-18(25)22(26)28/h2-5,7-10,12-13H,6,11,14-15H2,1H3,(H,24,27). The van der Waals surface area contributed by atoms with Crippen molar-refractivity contribution in [2.75, 3.05) is 7.11 Å². The van der Waals surface area contributed by atoms with E-state index in [0.717, 1.165) is 16.8 Å². The second kappa shape index (κ2) is 8.18. The summed E-state index contributed by atoms with van der Waals surface area (Å²) < 4.78 is 8.80. The number of carbonyl (C=O) groups is 1. The first-order valence-electron chi connectivity index (χ1n) is 9.52. The first-order chi connectivity index (χ1) is 14.2. The molecule has 1 aromatic carbocycles. The van der Waals surface area contributed by atoms with Gasteiger partial charge in [0.15, 0.2) is 5.65 Å². The number of aryl methyl sites for hydroxylation is 1. The molecular weight excluding hydrogens is 368 g/mol. The van der Waals surface area contributed by atoms with Gasteiger partial charge in [0.05, 0.1) is 12.6 Å². The van der Waals surface area contributed by atoms with Crippen molar-refractivity contribution in [1.82, 2.24) is 19.3 Å². The molecule has 4 rings (SSSR count). The highest BCUT2D eigenvalue weighted by molar-refractivity contribution is 5.76. The number of methoxy groups -OCH3 is 1. The van der Waals surface area contributed by atoms with Crippen LogP contribution in [0.25, 0.3) is 16.7 Å². The van der Waals surface area contributed by atoms with Crippen molar-refractivity contribution in [2.45, 2.75) is 25.9 Å². The molecule has 0 saturated heterocycles. The van der Waals surface area contributed by atoms with Gasteiger partial charge in [-0.3, -0.25) is 14.2 Å². The predicted octanol–water partition coefficient (Wildman–Crippen LogP) is 2.75. The molecule has 0 bridgehead atoms. The third-order valence-electron chi connectivity index (χ3n) is 4.95. The molecule has 7 heteroatoms. The van der Waals surface area contributed by atoms with Gasteiger partial charge in [-0.25, -0.2) is 4.98 Å². The van der Waals surface area contributed by atoms with Gasteiger partial charge >= 0.3 is 0 Å². The molecule has 4 aromatic rings. The molecule has 1 N–H and O–H groups in total. The van der Waals surface area contributed by atoms with Crippen LogP contribution in [0.15, 0.2) is 65.7 Å². The fraction of sp³-hybridized carbons (Fsp3) is 0.227. The topological polar surface area (TPSA) is 77.6 Å². The smallest absolute Gasteiger partial charge is 0.276 e. The zero-order valence-corrected chi connectivity index (χ0v) is 16.2. The molecule has 0 fully saturated rings. The fourth-order valence-corrected chi connectivity index (χ4v) is 3.52. The number of carbonyl (C=O) groups excluding carboxylic acids is 1. The number of pyridine rings is 1. The van der Waals surface area contributed by atoms with Gasteiger partial charge in [-0.15, -0.1) is 0 Å². The molecule has 0 aliphatic rings. The number of benzene rings is 1. The second-order valence-corrected chi connectivity index (χ2v) is 6.76. The maximum atomic E-state index is 12.8. The van der Waals surface area contributed by atoms with Crippen molar-refractivity contribution in [3.8, 4) is 5.75 Å². The molecule has 0 aliphatic heterocycles. The maximum absolute atomic E-state index is 12.8. The number of fused-ring (bicyclic) bond motifs is 3. The van der Waals surface area contributed by atoms with E-state index in [2.05, 4.69) is 10.3 Å². The van der Waals surface area contributed by atoms with Gasteiger partial charge in [-0.1, -0.05) is 18.2 Å². The van der Waals surface area contributed by atoms with Crippen molar-refractivity contribution in [3.63, 3.8) is 0 Å². The quantitative estimate of drug-likeness (QED) is 0.526. The fourth-order valence-electron chi connectivity index (χ4n) is 3.52. The van der Waals surface area contributed by atoms with Crippen LogP contribution in [0.1, 0.15) is 18.4 Å². The lowest BCUT2D eigenvalue weighted by molar-refractivity contribution is -0.121. The summed E-state index contributed by atoms with van der Waals surface area (Å²) in [6, 6.07) is 15.0. The molecule has 0 aliphatic carbocycles. The summed E-state index contributed by atoms with van der Waals surface area (Å²) in [7, 11) is 1.61. The average molecular weight is 390 g/mol. The molecule has 0 saturated carbocycles. The molecule has 0 atom stereocenters. The van der Waals surface area contributed by atoms with Crippen molar-refractivity contribution in [3.05, 3.63) is 76.8 Å². The van der Waals surface area contributed by atoms with Crippen LogP contribution in [0.4, 0.5) is 0 Å². The molecule has 148 valence electrons. The summed E-state index contributed by atoms with van der Waals surface area (Å²) in [5, 5.41) is 2.91. The van der Waals surface area contributed by atoms with Crippen molar-refractivity contribution >= 4 is 22.6 Å². The third kappa shape index (κ3) is 3.71. The lowest BCUT2D eigenvalue weighted by Crippen LogP contribution is -2.26. The summed E-state index contributed by atoms with van der Waals surface area (Å²) in [5.74, 6) is 0.683. The number of rotatable bonds is 7. The van der Waals surface area contributed by atoms with Crippen LogP contribution in [-0.2, 0) is 17.9 Å². The number of nitrogens with one attached hydrogen (secondary N) is 1. The van der Waals surface area contributed by atoms with Crippen LogP contribution < -0.4 is 15.6 Å². The summed E-state index contributed by atoms with van der Waals surface area (Å²) in [6.45, 7) is 0.833. The number of amides is 1. The third-order valence-corrected chi connectivity index (χ3v) is 4.95. The Hall–Kier alpha value is -3.61. The van der Waals surface area contributed by atoms with Gasteiger partial charge in [0.25, 0.3) is 5.56 Å². The van der Waals surface area contributed by atoms with Gasteiger partial charge in [0.2, 0.25) is 5.91 Å². The van der Waals surface area contributed by atoms with Crippen molar-refractivity contribution < 1.29 is 9.53 Å². The Labute approximate surface area is 167 Å². The Balaban J connectivity index is 1.44. The van der Waals surface area contributed by atoms with E-state index >= 15 is 0 Å². The minimum absolute atomic E-state index is 0.0648. The Kier molecular flexibility index (Phi) is 5.29. The minimum atomic E-state index is -0.101. The van der Waals surface area contributed by atoms with E-state index in [-0.39, 0.29) is 11.5 Å². The maximum Gasteiger partial charge on any atom is 0.276 e. The highest BCUT2D eigenvalue weighted by Crippen LogP contribution is 2.17. The van der Waals surface area contributed by atoms with Crippen LogP contribution in [-0.4, -0.2) is 27.0 Å². The van der Waals surface area contributed by atoms with E-state index in [9.17, 15) is 9.59 Å².